The van der Waals surface area contributed by atoms with E-state index in [0.717, 1.165) is 12.1 Å². The first-order chi connectivity index (χ1) is 10.5. The summed E-state index contributed by atoms with van der Waals surface area (Å²) in [6.45, 7) is 6.22. The number of benzene rings is 1. The molecule has 1 aliphatic rings. The Balaban J connectivity index is 0.00000264. The number of carbonyl (C=O) groups excluding carboxylic acids is 1. The van der Waals surface area contributed by atoms with E-state index in [9.17, 15) is 9.90 Å². The van der Waals surface area contributed by atoms with Crippen LogP contribution in [-0.4, -0.2) is 47.7 Å². The Morgan fingerprint density at radius 2 is 1.96 bits per heavy atom. The number of aliphatic hydroxyl groups is 1. The van der Waals surface area contributed by atoms with Gasteiger partial charge in [-0.2, -0.15) is 0 Å². The van der Waals surface area contributed by atoms with Crippen molar-refractivity contribution in [2.45, 2.75) is 51.5 Å². The molecule has 2 unspecified atom stereocenters. The first-order valence-electron chi connectivity index (χ1n) is 7.93. The lowest BCUT2D eigenvalue weighted by atomic mass is 10.1. The van der Waals surface area contributed by atoms with Gasteiger partial charge in [0.2, 0.25) is 5.91 Å². The van der Waals surface area contributed by atoms with Gasteiger partial charge in [0.25, 0.3) is 0 Å². The van der Waals surface area contributed by atoms with Crippen LogP contribution < -0.4 is 10.6 Å². The molecule has 24 heavy (non-hydrogen) atoms. The molecule has 2 atom stereocenters. The molecule has 0 spiro atoms. The minimum absolute atomic E-state index is 0. The molecule has 1 amide bonds. The van der Waals surface area contributed by atoms with Crippen molar-refractivity contribution < 1.29 is 9.90 Å². The van der Waals surface area contributed by atoms with Crippen molar-refractivity contribution in [2.24, 2.45) is 0 Å². The lowest BCUT2D eigenvalue weighted by Gasteiger charge is -2.22. The molecule has 3 N–H and O–H groups in total. The summed E-state index contributed by atoms with van der Waals surface area (Å²) in [5.41, 5.74) is 2.38. The van der Waals surface area contributed by atoms with E-state index < -0.39 is 6.10 Å². The van der Waals surface area contributed by atoms with E-state index in [0.29, 0.717) is 25.6 Å². The molecule has 138 valence electrons. The maximum Gasteiger partial charge on any atom is 0.237 e. The molecule has 0 bridgehead atoms. The van der Waals surface area contributed by atoms with Crippen LogP contribution in [0.3, 0.4) is 0 Å². The average molecular weight is 378 g/mol. The van der Waals surface area contributed by atoms with Gasteiger partial charge in [0.15, 0.2) is 0 Å². The van der Waals surface area contributed by atoms with Gasteiger partial charge in [0.05, 0.1) is 12.1 Å². The highest BCUT2D eigenvalue weighted by atomic mass is 35.5. The Labute approximate surface area is 157 Å². The van der Waals surface area contributed by atoms with Gasteiger partial charge < -0.3 is 15.7 Å². The number of carbonyl (C=O) groups is 1. The lowest BCUT2D eigenvalue weighted by molar-refractivity contribution is -0.123. The number of β-amino-alcohol motifs (C(OH)–C–C–N with tert-alkyl or cyclic N) is 1. The molecule has 1 aliphatic heterocycles. The summed E-state index contributed by atoms with van der Waals surface area (Å²) in [5, 5.41) is 15.5. The van der Waals surface area contributed by atoms with E-state index >= 15 is 0 Å². The molecule has 0 saturated carbocycles. The quantitative estimate of drug-likeness (QED) is 0.705. The summed E-state index contributed by atoms with van der Waals surface area (Å²) in [6.07, 6.45) is 0.0755. The van der Waals surface area contributed by atoms with Crippen LogP contribution in [0.25, 0.3) is 0 Å². The van der Waals surface area contributed by atoms with Gasteiger partial charge in [-0.1, -0.05) is 24.3 Å². The standard InChI is InChI=1S/C17H27N3O2.2ClH/c1-12(2)20(3)11-14-7-5-4-6-13(14)9-19-17(22)16-8-15(21)10-18-16;;/h4-7,12,15-16,18,21H,8-11H2,1-3H3,(H,19,22);2*1H. The summed E-state index contributed by atoms with van der Waals surface area (Å²) >= 11 is 0. The van der Waals surface area contributed by atoms with Gasteiger partial charge in [-0.15, -0.1) is 24.8 Å². The fraction of sp³-hybridized carbons (Fsp3) is 0.588. The van der Waals surface area contributed by atoms with E-state index in [4.69, 9.17) is 0 Å². The molecule has 1 aromatic carbocycles. The van der Waals surface area contributed by atoms with Crippen molar-refractivity contribution in [2.75, 3.05) is 13.6 Å². The normalized spacial score (nSPS) is 19.8. The molecular formula is C17H29Cl2N3O2. The highest BCUT2D eigenvalue weighted by molar-refractivity contribution is 5.85. The Morgan fingerprint density at radius 3 is 2.50 bits per heavy atom. The molecule has 2 rings (SSSR count). The first kappa shape index (κ1) is 23.1. The third-order valence-corrected chi connectivity index (χ3v) is 4.30. The molecule has 0 radical (unpaired) electrons. The Bertz CT molecular complexity index is 514. The third kappa shape index (κ3) is 6.57. The van der Waals surface area contributed by atoms with Gasteiger partial charge in [-0.3, -0.25) is 9.69 Å². The lowest BCUT2D eigenvalue weighted by Crippen LogP contribution is -2.40. The first-order valence-corrected chi connectivity index (χ1v) is 7.93. The zero-order valence-corrected chi connectivity index (χ0v) is 16.1. The van der Waals surface area contributed by atoms with Crippen molar-refractivity contribution in [3.63, 3.8) is 0 Å². The molecule has 1 heterocycles. The molecule has 1 fully saturated rings. The number of nitrogens with zero attached hydrogens (tertiary/aromatic N) is 1. The second-order valence-electron chi connectivity index (χ2n) is 6.35. The Hall–Kier alpha value is -0.850. The average Bonchev–Trinajstić information content (AvgIpc) is 2.92. The Morgan fingerprint density at radius 1 is 1.33 bits per heavy atom. The Kier molecular flexibility index (Phi) is 10.5. The number of nitrogens with one attached hydrogen (secondary N) is 2. The summed E-state index contributed by atoms with van der Waals surface area (Å²) in [5.74, 6) is -0.0384. The van der Waals surface area contributed by atoms with Crippen LogP contribution >= 0.6 is 24.8 Å². The fourth-order valence-corrected chi connectivity index (χ4v) is 2.56. The predicted octanol–water partition coefficient (Wildman–Crippen LogP) is 1.71. The highest BCUT2D eigenvalue weighted by Crippen LogP contribution is 2.13. The van der Waals surface area contributed by atoms with Crippen molar-refractivity contribution in [1.82, 2.24) is 15.5 Å². The fourth-order valence-electron chi connectivity index (χ4n) is 2.56. The van der Waals surface area contributed by atoms with Gasteiger partial charge in [0, 0.05) is 25.7 Å². The second-order valence-corrected chi connectivity index (χ2v) is 6.35. The van der Waals surface area contributed by atoms with Crippen molar-refractivity contribution >= 4 is 30.7 Å². The van der Waals surface area contributed by atoms with Gasteiger partial charge in [-0.25, -0.2) is 0 Å². The second kappa shape index (κ2) is 10.9. The van der Waals surface area contributed by atoms with Crippen LogP contribution in [0.1, 0.15) is 31.4 Å². The van der Waals surface area contributed by atoms with E-state index in [2.05, 4.69) is 48.6 Å². The van der Waals surface area contributed by atoms with Gasteiger partial charge >= 0.3 is 0 Å². The molecular weight excluding hydrogens is 349 g/mol. The van der Waals surface area contributed by atoms with Crippen molar-refractivity contribution in [3.05, 3.63) is 35.4 Å². The SMILES string of the molecule is CC(C)N(C)Cc1ccccc1CNC(=O)C1CC(O)CN1.Cl.Cl. The maximum absolute atomic E-state index is 12.1. The minimum Gasteiger partial charge on any atom is -0.392 e. The number of amides is 1. The molecule has 7 heteroatoms. The molecule has 1 aromatic rings. The number of halogens is 2. The van der Waals surface area contributed by atoms with Crippen LogP contribution in [0, 0.1) is 0 Å². The largest absolute Gasteiger partial charge is 0.392 e. The number of rotatable bonds is 6. The summed E-state index contributed by atoms with van der Waals surface area (Å²) in [4.78, 5) is 14.4. The monoisotopic (exact) mass is 377 g/mol. The summed E-state index contributed by atoms with van der Waals surface area (Å²) in [7, 11) is 2.10. The van der Waals surface area contributed by atoms with E-state index in [1.165, 1.54) is 5.56 Å². The van der Waals surface area contributed by atoms with Gasteiger partial charge in [0.1, 0.15) is 0 Å². The number of hydrogen-bond donors (Lipinski definition) is 3. The zero-order valence-electron chi connectivity index (χ0n) is 14.5. The van der Waals surface area contributed by atoms with Crippen molar-refractivity contribution in [1.29, 1.82) is 0 Å². The number of hydrogen-bond acceptors (Lipinski definition) is 4. The molecule has 5 nitrogen and oxygen atoms in total. The van der Waals surface area contributed by atoms with E-state index in [1.807, 2.05) is 12.1 Å². The van der Waals surface area contributed by atoms with E-state index in [-0.39, 0.29) is 36.8 Å². The maximum atomic E-state index is 12.1. The third-order valence-electron chi connectivity index (χ3n) is 4.30. The molecule has 0 aromatic heterocycles. The summed E-state index contributed by atoms with van der Waals surface area (Å²) < 4.78 is 0. The highest BCUT2D eigenvalue weighted by Gasteiger charge is 2.27. The van der Waals surface area contributed by atoms with Crippen molar-refractivity contribution in [3.8, 4) is 0 Å². The molecule has 1 saturated heterocycles. The topological polar surface area (TPSA) is 64.6 Å². The van der Waals surface area contributed by atoms with Crippen LogP contribution in [0.15, 0.2) is 24.3 Å². The minimum atomic E-state index is -0.414. The molecule has 0 aliphatic carbocycles. The zero-order chi connectivity index (χ0) is 16.1. The van der Waals surface area contributed by atoms with Crippen LogP contribution in [-0.2, 0) is 17.9 Å². The van der Waals surface area contributed by atoms with E-state index in [1.54, 1.807) is 0 Å². The van der Waals surface area contributed by atoms with Crippen LogP contribution in [0.2, 0.25) is 0 Å². The smallest absolute Gasteiger partial charge is 0.237 e. The predicted molar refractivity (Wildman–Crippen MR) is 102 cm³/mol. The van der Waals surface area contributed by atoms with Gasteiger partial charge in [-0.05, 0) is 38.4 Å². The van der Waals surface area contributed by atoms with Crippen LogP contribution in [0.5, 0.6) is 0 Å². The van der Waals surface area contributed by atoms with Crippen LogP contribution in [0.4, 0.5) is 0 Å². The number of aliphatic hydroxyl groups excluding tert-OH is 1. The summed E-state index contributed by atoms with van der Waals surface area (Å²) in [6, 6.07) is 8.40.